The van der Waals surface area contributed by atoms with E-state index in [4.69, 9.17) is 4.42 Å². The number of hydrogen-bond acceptors (Lipinski definition) is 5. The molecule has 1 N–H and O–H groups in total. The van der Waals surface area contributed by atoms with E-state index < -0.39 is 0 Å². The number of nitrogens with one attached hydrogen (secondary N) is 1. The third-order valence-corrected chi connectivity index (χ3v) is 5.62. The fourth-order valence-corrected chi connectivity index (χ4v) is 4.02. The molecule has 3 aromatic rings. The number of fused-ring (bicyclic) bond motifs is 1. The van der Waals surface area contributed by atoms with Gasteiger partial charge < -0.3 is 9.73 Å². The maximum Gasteiger partial charge on any atom is 0.257 e. The molecule has 2 heterocycles. The molecule has 1 fully saturated rings. The summed E-state index contributed by atoms with van der Waals surface area (Å²) >= 11 is 1.32. The molecule has 4 rings (SSSR count). The molecule has 0 unspecified atom stereocenters. The Morgan fingerprint density at radius 3 is 2.63 bits per heavy atom. The zero-order chi connectivity index (χ0) is 18.5. The predicted octanol–water partition coefficient (Wildman–Crippen LogP) is 3.83. The minimum atomic E-state index is -0.0155. The van der Waals surface area contributed by atoms with E-state index in [1.165, 1.54) is 48.8 Å². The standard InChI is InChI=1S/C21H23N3O2S/c25-20(15-27-21-23-18-9-3-4-10-19(18)26-21)22-13-16-7-1-2-8-17(16)14-24-11-5-6-12-24/h1-4,7-10H,5-6,11-15H2,(H,22,25). The van der Waals surface area contributed by atoms with Crippen molar-refractivity contribution >= 4 is 28.8 Å². The van der Waals surface area contributed by atoms with E-state index in [1.807, 2.05) is 30.3 Å². The number of amides is 1. The number of thioether (sulfide) groups is 1. The van der Waals surface area contributed by atoms with Gasteiger partial charge in [0.1, 0.15) is 5.52 Å². The molecule has 27 heavy (non-hydrogen) atoms. The molecule has 1 saturated heterocycles. The minimum absolute atomic E-state index is 0.0155. The van der Waals surface area contributed by atoms with Gasteiger partial charge in [-0.1, -0.05) is 48.2 Å². The molecule has 1 aliphatic heterocycles. The van der Waals surface area contributed by atoms with E-state index in [1.54, 1.807) is 0 Å². The largest absolute Gasteiger partial charge is 0.431 e. The van der Waals surface area contributed by atoms with Crippen LogP contribution in [0.4, 0.5) is 0 Å². The zero-order valence-corrected chi connectivity index (χ0v) is 16.0. The van der Waals surface area contributed by atoms with Gasteiger partial charge in [-0.2, -0.15) is 0 Å². The molecular weight excluding hydrogens is 358 g/mol. The van der Waals surface area contributed by atoms with Gasteiger partial charge in [0.15, 0.2) is 5.58 Å². The molecule has 1 amide bonds. The first-order valence-corrected chi connectivity index (χ1v) is 10.3. The van der Waals surface area contributed by atoms with E-state index in [0.717, 1.165) is 17.6 Å². The summed E-state index contributed by atoms with van der Waals surface area (Å²) in [6.07, 6.45) is 2.57. The average Bonchev–Trinajstić information content (AvgIpc) is 3.34. The van der Waals surface area contributed by atoms with Crippen LogP contribution in [0, 0.1) is 0 Å². The lowest BCUT2D eigenvalue weighted by Crippen LogP contribution is -2.26. The molecule has 0 saturated carbocycles. The molecule has 5 nitrogen and oxygen atoms in total. The second-order valence-electron chi connectivity index (χ2n) is 6.76. The summed E-state index contributed by atoms with van der Waals surface area (Å²) < 4.78 is 5.64. The van der Waals surface area contributed by atoms with Crippen LogP contribution >= 0.6 is 11.8 Å². The van der Waals surface area contributed by atoms with Crippen LogP contribution in [0.25, 0.3) is 11.1 Å². The summed E-state index contributed by atoms with van der Waals surface area (Å²) in [6, 6.07) is 16.0. The van der Waals surface area contributed by atoms with Gasteiger partial charge in [0, 0.05) is 13.1 Å². The van der Waals surface area contributed by atoms with E-state index >= 15 is 0 Å². The van der Waals surface area contributed by atoms with Gasteiger partial charge in [-0.3, -0.25) is 9.69 Å². The maximum atomic E-state index is 12.2. The Kier molecular flexibility index (Phi) is 5.75. The number of likely N-dealkylation sites (tertiary alicyclic amines) is 1. The van der Waals surface area contributed by atoms with Crippen molar-refractivity contribution in [1.29, 1.82) is 0 Å². The Bertz CT molecular complexity index is 885. The number of hydrogen-bond donors (Lipinski definition) is 1. The van der Waals surface area contributed by atoms with Crippen molar-refractivity contribution in [3.63, 3.8) is 0 Å². The highest BCUT2D eigenvalue weighted by molar-refractivity contribution is 7.99. The summed E-state index contributed by atoms with van der Waals surface area (Å²) in [6.45, 7) is 3.85. The SMILES string of the molecule is O=C(CSc1nc2ccccc2o1)NCc1ccccc1CN1CCCC1. The fraction of sp³-hybridized carbons (Fsp3) is 0.333. The number of para-hydroxylation sites is 2. The van der Waals surface area contributed by atoms with Gasteiger partial charge in [0.25, 0.3) is 5.22 Å². The molecule has 0 spiro atoms. The van der Waals surface area contributed by atoms with E-state index in [9.17, 15) is 4.79 Å². The number of aromatic nitrogens is 1. The highest BCUT2D eigenvalue weighted by atomic mass is 32.2. The number of carbonyl (C=O) groups excluding carboxylic acids is 1. The van der Waals surface area contributed by atoms with Crippen LogP contribution in [0.15, 0.2) is 58.2 Å². The maximum absolute atomic E-state index is 12.2. The quantitative estimate of drug-likeness (QED) is 0.630. The Labute approximate surface area is 163 Å². The van der Waals surface area contributed by atoms with Crippen LogP contribution in [-0.2, 0) is 17.9 Å². The highest BCUT2D eigenvalue weighted by Crippen LogP contribution is 2.23. The Morgan fingerprint density at radius 1 is 1.07 bits per heavy atom. The van der Waals surface area contributed by atoms with Gasteiger partial charge in [0.05, 0.1) is 5.75 Å². The lowest BCUT2D eigenvalue weighted by molar-refractivity contribution is -0.118. The first kappa shape index (κ1) is 18.1. The van der Waals surface area contributed by atoms with Gasteiger partial charge in [-0.25, -0.2) is 4.98 Å². The topological polar surface area (TPSA) is 58.4 Å². The van der Waals surface area contributed by atoms with Gasteiger partial charge in [0.2, 0.25) is 5.91 Å². The molecule has 0 aliphatic carbocycles. The normalized spacial score (nSPS) is 14.7. The summed E-state index contributed by atoms with van der Waals surface area (Å²) in [4.78, 5) is 19.1. The molecule has 0 radical (unpaired) electrons. The van der Waals surface area contributed by atoms with Crippen LogP contribution in [0.2, 0.25) is 0 Å². The van der Waals surface area contributed by atoms with Crippen molar-refractivity contribution < 1.29 is 9.21 Å². The first-order valence-electron chi connectivity index (χ1n) is 9.32. The lowest BCUT2D eigenvalue weighted by Gasteiger charge is -2.17. The highest BCUT2D eigenvalue weighted by Gasteiger charge is 2.14. The molecule has 6 heteroatoms. The third-order valence-electron chi connectivity index (χ3n) is 4.79. The molecular formula is C21H23N3O2S. The number of benzene rings is 2. The van der Waals surface area contributed by atoms with Crippen LogP contribution in [0.3, 0.4) is 0 Å². The Morgan fingerprint density at radius 2 is 1.81 bits per heavy atom. The van der Waals surface area contributed by atoms with E-state index in [2.05, 4.69) is 33.4 Å². The van der Waals surface area contributed by atoms with Crippen molar-refractivity contribution in [2.75, 3.05) is 18.8 Å². The van der Waals surface area contributed by atoms with Crippen molar-refractivity contribution in [1.82, 2.24) is 15.2 Å². The number of nitrogens with zero attached hydrogens (tertiary/aromatic N) is 2. The van der Waals surface area contributed by atoms with Gasteiger partial charge in [-0.15, -0.1) is 0 Å². The van der Waals surface area contributed by atoms with E-state index in [-0.39, 0.29) is 5.91 Å². The molecule has 1 aliphatic rings. The Balaban J connectivity index is 1.30. The van der Waals surface area contributed by atoms with Crippen LogP contribution in [-0.4, -0.2) is 34.6 Å². The average molecular weight is 382 g/mol. The summed E-state index contributed by atoms with van der Waals surface area (Å²) in [5.74, 6) is 0.277. The van der Waals surface area contributed by atoms with Crippen LogP contribution in [0.1, 0.15) is 24.0 Å². The molecule has 0 bridgehead atoms. The summed E-state index contributed by atoms with van der Waals surface area (Å²) in [5.41, 5.74) is 4.04. The molecule has 0 atom stereocenters. The van der Waals surface area contributed by atoms with Crippen molar-refractivity contribution in [2.45, 2.75) is 31.2 Å². The third kappa shape index (κ3) is 4.70. The Hall–Kier alpha value is -2.31. The van der Waals surface area contributed by atoms with Crippen molar-refractivity contribution in [3.8, 4) is 0 Å². The van der Waals surface area contributed by atoms with Crippen LogP contribution in [0.5, 0.6) is 0 Å². The second kappa shape index (κ2) is 8.59. The van der Waals surface area contributed by atoms with Crippen molar-refractivity contribution in [3.05, 3.63) is 59.7 Å². The van der Waals surface area contributed by atoms with E-state index in [0.29, 0.717) is 17.5 Å². The monoisotopic (exact) mass is 381 g/mol. The summed E-state index contributed by atoms with van der Waals surface area (Å²) in [7, 11) is 0. The van der Waals surface area contributed by atoms with Crippen molar-refractivity contribution in [2.24, 2.45) is 0 Å². The predicted molar refractivity (Wildman–Crippen MR) is 108 cm³/mol. The number of carbonyl (C=O) groups is 1. The van der Waals surface area contributed by atoms with Gasteiger partial charge in [-0.05, 0) is 49.2 Å². The molecule has 2 aromatic carbocycles. The number of oxazole rings is 1. The fourth-order valence-electron chi connectivity index (χ4n) is 3.35. The lowest BCUT2D eigenvalue weighted by atomic mass is 10.1. The van der Waals surface area contributed by atoms with Crippen LogP contribution < -0.4 is 5.32 Å². The first-order chi connectivity index (χ1) is 13.3. The number of rotatable bonds is 7. The molecule has 140 valence electrons. The van der Waals surface area contributed by atoms with Gasteiger partial charge >= 0.3 is 0 Å². The minimum Gasteiger partial charge on any atom is -0.431 e. The second-order valence-corrected chi connectivity index (χ2v) is 7.69. The molecule has 1 aromatic heterocycles. The summed E-state index contributed by atoms with van der Waals surface area (Å²) in [5, 5.41) is 3.55. The smallest absolute Gasteiger partial charge is 0.257 e. The zero-order valence-electron chi connectivity index (χ0n) is 15.2.